The average molecular weight is 401 g/mol. The predicted molar refractivity (Wildman–Crippen MR) is 111 cm³/mol. The Hall–Kier alpha value is -2.77. The van der Waals surface area contributed by atoms with Crippen molar-refractivity contribution >= 4 is 29.3 Å². The van der Waals surface area contributed by atoms with Gasteiger partial charge in [0, 0.05) is 5.56 Å². The van der Waals surface area contributed by atoms with E-state index in [1.165, 1.54) is 0 Å². The maximum absolute atomic E-state index is 12.5. The van der Waals surface area contributed by atoms with Gasteiger partial charge in [0.15, 0.2) is 0 Å². The molecule has 2 aromatic rings. The first-order valence-corrected chi connectivity index (χ1v) is 9.49. The van der Waals surface area contributed by atoms with Crippen LogP contribution in [0.2, 0.25) is 0 Å². The van der Waals surface area contributed by atoms with Crippen LogP contribution < -0.4 is 11.1 Å². The summed E-state index contributed by atoms with van der Waals surface area (Å²) in [4.78, 5) is 24.6. The quantitative estimate of drug-likeness (QED) is 0.381. The first-order chi connectivity index (χ1) is 13.6. The van der Waals surface area contributed by atoms with Crippen LogP contribution in [-0.4, -0.2) is 29.7 Å². The Kier molecular flexibility index (Phi) is 9.10. The fourth-order valence-electron chi connectivity index (χ4n) is 2.44. The van der Waals surface area contributed by atoms with Crippen LogP contribution in [0.5, 0.6) is 0 Å². The number of nitrogens with two attached hydrogens (primary N) is 1. The summed E-state index contributed by atoms with van der Waals surface area (Å²) in [6.45, 7) is 0.613. The molecule has 0 heterocycles. The molecule has 6 nitrogen and oxygen atoms in total. The number of esters is 1. The molecule has 0 unspecified atom stereocenters. The summed E-state index contributed by atoms with van der Waals surface area (Å²) >= 11 is 5.17. The highest BCUT2D eigenvalue weighted by molar-refractivity contribution is 7.80. The maximum Gasteiger partial charge on any atom is 0.408 e. The Morgan fingerprint density at radius 2 is 1.64 bits per heavy atom. The van der Waals surface area contributed by atoms with Gasteiger partial charge in [0.1, 0.15) is 12.6 Å². The van der Waals surface area contributed by atoms with Crippen LogP contribution in [0.1, 0.15) is 30.4 Å². The highest BCUT2D eigenvalue weighted by Gasteiger charge is 2.24. The smallest absolute Gasteiger partial charge is 0.408 e. The number of thiocarbonyl (C=S) groups is 1. The first kappa shape index (κ1) is 21.5. The molecule has 0 aromatic heterocycles. The monoisotopic (exact) mass is 400 g/mol. The molecule has 2 aromatic carbocycles. The van der Waals surface area contributed by atoms with Crippen LogP contribution in [0.15, 0.2) is 60.7 Å². The van der Waals surface area contributed by atoms with Crippen molar-refractivity contribution in [3.05, 3.63) is 71.8 Å². The summed E-state index contributed by atoms with van der Waals surface area (Å²) in [5.74, 6) is -0.623. The molecule has 0 saturated heterocycles. The molecule has 3 N–H and O–H groups in total. The highest BCUT2D eigenvalue weighted by Crippen LogP contribution is 2.08. The van der Waals surface area contributed by atoms with Gasteiger partial charge in [-0.3, -0.25) is 0 Å². The standard InChI is InChI=1S/C21H24N2O4S/c22-14-8-7-13-18(19(24)27-20(28)17-11-5-2-6-12-17)23-21(25)26-15-16-9-3-1-4-10-16/h1-6,9-12,18H,7-8,13-15,22H2,(H,23,25)/t18-/m0/s1. The number of carbonyl (C=O) groups is 2. The second kappa shape index (κ2) is 11.8. The van der Waals surface area contributed by atoms with Crippen molar-refractivity contribution in [2.45, 2.75) is 31.9 Å². The Bertz CT molecular complexity index is 768. The minimum absolute atomic E-state index is 0.0638. The molecule has 7 heteroatoms. The van der Waals surface area contributed by atoms with Gasteiger partial charge in [0.05, 0.1) is 0 Å². The van der Waals surface area contributed by atoms with Gasteiger partial charge >= 0.3 is 12.1 Å². The van der Waals surface area contributed by atoms with E-state index >= 15 is 0 Å². The molecular formula is C21H24N2O4S. The topological polar surface area (TPSA) is 90.6 Å². The Balaban J connectivity index is 1.92. The third kappa shape index (κ3) is 7.46. The van der Waals surface area contributed by atoms with Crippen molar-refractivity contribution < 1.29 is 19.1 Å². The van der Waals surface area contributed by atoms with Gasteiger partial charge in [0.2, 0.25) is 5.05 Å². The van der Waals surface area contributed by atoms with E-state index in [4.69, 9.17) is 27.4 Å². The number of rotatable bonds is 9. The summed E-state index contributed by atoms with van der Waals surface area (Å²) in [5.41, 5.74) is 6.99. The zero-order valence-electron chi connectivity index (χ0n) is 15.5. The van der Waals surface area contributed by atoms with Crippen LogP contribution in [0, 0.1) is 0 Å². The van der Waals surface area contributed by atoms with E-state index in [1.54, 1.807) is 24.3 Å². The van der Waals surface area contributed by atoms with Gasteiger partial charge in [-0.1, -0.05) is 60.7 Å². The number of ether oxygens (including phenoxy) is 2. The fraction of sp³-hybridized carbons (Fsp3) is 0.286. The lowest BCUT2D eigenvalue weighted by Crippen LogP contribution is -2.42. The largest absolute Gasteiger partial charge is 0.445 e. The third-order valence-corrected chi connectivity index (χ3v) is 4.26. The van der Waals surface area contributed by atoms with E-state index in [-0.39, 0.29) is 11.7 Å². The summed E-state index contributed by atoms with van der Waals surface area (Å²) in [7, 11) is 0. The number of unbranched alkanes of at least 4 members (excludes halogenated alkanes) is 1. The summed E-state index contributed by atoms with van der Waals surface area (Å²) in [6.07, 6.45) is 1.08. The number of nitrogens with one attached hydrogen (secondary N) is 1. The number of alkyl carbamates (subject to hydrolysis) is 1. The van der Waals surface area contributed by atoms with Gasteiger partial charge in [-0.05, 0) is 43.6 Å². The molecule has 0 spiro atoms. The van der Waals surface area contributed by atoms with Crippen LogP contribution in [0.25, 0.3) is 0 Å². The minimum atomic E-state index is -0.864. The average Bonchev–Trinajstić information content (AvgIpc) is 2.73. The lowest BCUT2D eigenvalue weighted by Gasteiger charge is -2.17. The third-order valence-electron chi connectivity index (χ3n) is 3.94. The molecule has 0 aliphatic carbocycles. The van der Waals surface area contributed by atoms with Gasteiger partial charge in [0.25, 0.3) is 0 Å². The van der Waals surface area contributed by atoms with E-state index in [0.717, 1.165) is 12.0 Å². The van der Waals surface area contributed by atoms with Crippen molar-refractivity contribution in [1.82, 2.24) is 5.32 Å². The molecule has 0 saturated carbocycles. The van der Waals surface area contributed by atoms with E-state index < -0.39 is 18.1 Å². The molecule has 0 radical (unpaired) electrons. The van der Waals surface area contributed by atoms with Gasteiger partial charge < -0.3 is 20.5 Å². The zero-order valence-corrected chi connectivity index (χ0v) is 16.3. The molecule has 0 aliphatic rings. The molecule has 148 valence electrons. The maximum atomic E-state index is 12.5. The highest BCUT2D eigenvalue weighted by atomic mass is 32.1. The van der Waals surface area contributed by atoms with Crippen LogP contribution in [0.4, 0.5) is 4.79 Å². The molecule has 2 rings (SSSR count). The lowest BCUT2D eigenvalue weighted by atomic mass is 10.1. The van der Waals surface area contributed by atoms with E-state index in [0.29, 0.717) is 24.9 Å². The van der Waals surface area contributed by atoms with Crippen LogP contribution in [-0.2, 0) is 20.9 Å². The van der Waals surface area contributed by atoms with E-state index in [1.807, 2.05) is 36.4 Å². The summed E-state index contributed by atoms with van der Waals surface area (Å²) in [6, 6.07) is 17.4. The molecule has 28 heavy (non-hydrogen) atoms. The van der Waals surface area contributed by atoms with Crippen LogP contribution in [0.3, 0.4) is 0 Å². The summed E-state index contributed by atoms with van der Waals surface area (Å²) < 4.78 is 10.5. The van der Waals surface area contributed by atoms with Crippen LogP contribution >= 0.6 is 12.2 Å². The minimum Gasteiger partial charge on any atom is -0.445 e. The molecule has 0 aliphatic heterocycles. The van der Waals surface area contributed by atoms with Crippen molar-refractivity contribution in [2.75, 3.05) is 6.54 Å². The number of benzene rings is 2. The molecule has 0 fully saturated rings. The number of carbonyl (C=O) groups excluding carboxylic acids is 2. The Morgan fingerprint density at radius 1 is 1.00 bits per heavy atom. The Labute approximate surface area is 170 Å². The molecular weight excluding hydrogens is 376 g/mol. The molecule has 1 amide bonds. The summed E-state index contributed by atoms with van der Waals surface area (Å²) in [5, 5.41) is 2.63. The van der Waals surface area contributed by atoms with Crippen molar-refractivity contribution in [3.8, 4) is 0 Å². The van der Waals surface area contributed by atoms with E-state index in [9.17, 15) is 9.59 Å². The second-order valence-electron chi connectivity index (χ2n) is 6.12. The van der Waals surface area contributed by atoms with Crippen molar-refractivity contribution in [1.29, 1.82) is 0 Å². The first-order valence-electron chi connectivity index (χ1n) is 9.08. The number of amides is 1. The lowest BCUT2D eigenvalue weighted by molar-refractivity contribution is -0.137. The normalized spacial score (nSPS) is 11.3. The fourth-order valence-corrected chi connectivity index (χ4v) is 2.66. The van der Waals surface area contributed by atoms with Crippen molar-refractivity contribution in [3.63, 3.8) is 0 Å². The Morgan fingerprint density at radius 3 is 2.29 bits per heavy atom. The second-order valence-corrected chi connectivity index (χ2v) is 6.49. The van der Waals surface area contributed by atoms with Gasteiger partial charge in [-0.15, -0.1) is 0 Å². The zero-order chi connectivity index (χ0) is 20.2. The van der Waals surface area contributed by atoms with Crippen molar-refractivity contribution in [2.24, 2.45) is 5.73 Å². The number of hydrogen-bond acceptors (Lipinski definition) is 6. The predicted octanol–water partition coefficient (Wildman–Crippen LogP) is 3.33. The number of hydrogen-bond donors (Lipinski definition) is 2. The SMILES string of the molecule is NCCCC[C@H](NC(=O)OCc1ccccc1)C(=O)OC(=S)c1ccccc1. The molecule has 0 bridgehead atoms. The van der Waals surface area contributed by atoms with E-state index in [2.05, 4.69) is 5.32 Å². The van der Waals surface area contributed by atoms with Gasteiger partial charge in [-0.2, -0.15) is 0 Å². The van der Waals surface area contributed by atoms with Gasteiger partial charge in [-0.25, -0.2) is 9.59 Å². The molecule has 1 atom stereocenters.